The summed E-state index contributed by atoms with van der Waals surface area (Å²) in [5.74, 6) is 0.169. The topological polar surface area (TPSA) is 73.8 Å². The van der Waals surface area contributed by atoms with Crippen molar-refractivity contribution in [2.45, 2.75) is 51.6 Å². The Balaban J connectivity index is 0.00000480. The summed E-state index contributed by atoms with van der Waals surface area (Å²) < 4.78 is 38.7. The average Bonchev–Trinajstić information content (AvgIpc) is 2.69. The maximum Gasteiger partial charge on any atom is 0.416 e. The second kappa shape index (κ2) is 12.9. The molecule has 2 N–H and O–H groups in total. The van der Waals surface area contributed by atoms with Crippen LogP contribution in [0, 0.1) is 0 Å². The first kappa shape index (κ1) is 27.2. The molecule has 6 nitrogen and oxygen atoms in total. The molecular weight excluding hydrogens is 524 g/mol. The summed E-state index contributed by atoms with van der Waals surface area (Å²) in [6, 6.07) is 5.37. The molecule has 0 aliphatic carbocycles. The third-order valence-electron chi connectivity index (χ3n) is 4.97. The highest BCUT2D eigenvalue weighted by atomic mass is 127. The van der Waals surface area contributed by atoms with Gasteiger partial charge in [-0.15, -0.1) is 24.0 Å². The Morgan fingerprint density at radius 3 is 2.48 bits per heavy atom. The highest BCUT2D eigenvalue weighted by Gasteiger charge is 2.30. The number of amides is 2. The van der Waals surface area contributed by atoms with Crippen molar-refractivity contribution in [2.24, 2.45) is 4.99 Å². The minimum absolute atomic E-state index is 0. The van der Waals surface area contributed by atoms with Crippen LogP contribution in [-0.4, -0.2) is 48.9 Å². The van der Waals surface area contributed by atoms with Crippen molar-refractivity contribution >= 4 is 41.8 Å². The van der Waals surface area contributed by atoms with Crippen molar-refractivity contribution in [1.82, 2.24) is 15.5 Å². The van der Waals surface area contributed by atoms with Crippen LogP contribution in [0.5, 0.6) is 0 Å². The molecule has 1 aliphatic heterocycles. The zero-order valence-corrected chi connectivity index (χ0v) is 20.1. The summed E-state index contributed by atoms with van der Waals surface area (Å²) in [6.45, 7) is 5.51. The monoisotopic (exact) mass is 554 g/mol. The Morgan fingerprint density at radius 2 is 1.87 bits per heavy atom. The quantitative estimate of drug-likeness (QED) is 0.221. The molecule has 0 bridgehead atoms. The van der Waals surface area contributed by atoms with E-state index in [1.54, 1.807) is 6.07 Å². The number of rotatable bonds is 8. The van der Waals surface area contributed by atoms with Crippen LogP contribution in [0.15, 0.2) is 29.3 Å². The zero-order chi connectivity index (χ0) is 22.1. The number of hydrogen-bond donors (Lipinski definition) is 2. The Labute approximate surface area is 198 Å². The van der Waals surface area contributed by atoms with E-state index >= 15 is 0 Å². The molecule has 174 valence electrons. The first-order chi connectivity index (χ1) is 14.2. The Hall–Kier alpha value is -1.85. The van der Waals surface area contributed by atoms with Crippen LogP contribution in [0.4, 0.5) is 13.2 Å². The van der Waals surface area contributed by atoms with E-state index in [0.29, 0.717) is 56.8 Å². The van der Waals surface area contributed by atoms with Crippen molar-refractivity contribution in [3.63, 3.8) is 0 Å². The highest BCUT2D eigenvalue weighted by Crippen LogP contribution is 2.31. The summed E-state index contributed by atoms with van der Waals surface area (Å²) in [4.78, 5) is 29.4. The van der Waals surface area contributed by atoms with E-state index in [1.165, 1.54) is 17.0 Å². The van der Waals surface area contributed by atoms with Crippen LogP contribution in [0.2, 0.25) is 0 Å². The highest BCUT2D eigenvalue weighted by molar-refractivity contribution is 14.0. The minimum atomic E-state index is -4.35. The van der Waals surface area contributed by atoms with E-state index in [4.69, 9.17) is 0 Å². The van der Waals surface area contributed by atoms with Crippen molar-refractivity contribution in [1.29, 1.82) is 0 Å². The number of halogens is 4. The summed E-state index contributed by atoms with van der Waals surface area (Å²) in [5.41, 5.74) is -0.0210. The molecule has 1 fully saturated rings. The van der Waals surface area contributed by atoms with Gasteiger partial charge in [-0.1, -0.05) is 25.1 Å². The van der Waals surface area contributed by atoms with E-state index in [-0.39, 0.29) is 48.3 Å². The maximum atomic E-state index is 12.9. The van der Waals surface area contributed by atoms with Gasteiger partial charge in [-0.3, -0.25) is 19.5 Å². The van der Waals surface area contributed by atoms with Gasteiger partial charge in [0.05, 0.1) is 5.56 Å². The van der Waals surface area contributed by atoms with Gasteiger partial charge in [-0.25, -0.2) is 0 Å². The number of piperidine rings is 1. The SMILES string of the molecule is CCNC(=NCCC(C)c1cccc(C(F)(F)F)c1)NCCN1C(=O)CCCC1=O.I. The minimum Gasteiger partial charge on any atom is -0.357 e. The van der Waals surface area contributed by atoms with Gasteiger partial charge in [0, 0.05) is 39.0 Å². The summed E-state index contributed by atoms with van der Waals surface area (Å²) in [6.07, 6.45) is -2.37. The lowest BCUT2D eigenvalue weighted by molar-refractivity contribution is -0.147. The Kier molecular flexibility index (Phi) is 11.3. The Morgan fingerprint density at radius 1 is 1.19 bits per heavy atom. The van der Waals surface area contributed by atoms with Crippen molar-refractivity contribution < 1.29 is 22.8 Å². The number of likely N-dealkylation sites (tertiary alicyclic amines) is 1. The molecule has 1 heterocycles. The largest absolute Gasteiger partial charge is 0.416 e. The Bertz CT molecular complexity index is 755. The first-order valence-electron chi connectivity index (χ1n) is 10.2. The van der Waals surface area contributed by atoms with Crippen molar-refractivity contribution in [3.05, 3.63) is 35.4 Å². The standard InChI is InChI=1S/C21H29F3N4O2.HI/c1-3-25-20(27-12-13-28-18(29)8-5-9-19(28)30)26-11-10-15(2)16-6-4-7-17(14-16)21(22,23)24;/h4,6-7,14-15H,3,5,8-13H2,1-2H3,(H2,25,26,27);1H. The van der Waals surface area contributed by atoms with Gasteiger partial charge >= 0.3 is 6.18 Å². The van der Waals surface area contributed by atoms with E-state index < -0.39 is 11.7 Å². The molecule has 1 aromatic rings. The van der Waals surface area contributed by atoms with E-state index in [2.05, 4.69) is 15.6 Å². The van der Waals surface area contributed by atoms with Crippen LogP contribution >= 0.6 is 24.0 Å². The molecule has 1 aliphatic rings. The predicted molar refractivity (Wildman–Crippen MR) is 124 cm³/mol. The third-order valence-corrected chi connectivity index (χ3v) is 4.97. The summed E-state index contributed by atoms with van der Waals surface area (Å²) in [5, 5.41) is 6.18. The predicted octanol–water partition coefficient (Wildman–Crippen LogP) is 3.91. The molecule has 1 aromatic carbocycles. The van der Waals surface area contributed by atoms with Crippen LogP contribution in [-0.2, 0) is 15.8 Å². The van der Waals surface area contributed by atoms with Crippen LogP contribution < -0.4 is 10.6 Å². The maximum absolute atomic E-state index is 12.9. The number of carbonyl (C=O) groups is 2. The zero-order valence-electron chi connectivity index (χ0n) is 17.8. The van der Waals surface area contributed by atoms with E-state index in [1.807, 2.05) is 13.8 Å². The third kappa shape index (κ3) is 8.66. The van der Waals surface area contributed by atoms with Gasteiger partial charge in [0.2, 0.25) is 11.8 Å². The van der Waals surface area contributed by atoms with Gasteiger partial charge < -0.3 is 10.6 Å². The second-order valence-corrected chi connectivity index (χ2v) is 7.29. The molecule has 2 amide bonds. The van der Waals surface area contributed by atoms with Gasteiger partial charge in [-0.05, 0) is 37.3 Å². The molecule has 1 atom stereocenters. The van der Waals surface area contributed by atoms with Gasteiger partial charge in [0.15, 0.2) is 5.96 Å². The lowest BCUT2D eigenvalue weighted by Gasteiger charge is -2.25. The fourth-order valence-electron chi connectivity index (χ4n) is 3.24. The van der Waals surface area contributed by atoms with E-state index in [0.717, 1.165) is 6.07 Å². The lowest BCUT2D eigenvalue weighted by atomic mass is 9.96. The lowest BCUT2D eigenvalue weighted by Crippen LogP contribution is -2.46. The molecule has 0 radical (unpaired) electrons. The molecule has 0 spiro atoms. The van der Waals surface area contributed by atoms with Crippen molar-refractivity contribution in [2.75, 3.05) is 26.2 Å². The van der Waals surface area contributed by atoms with Crippen LogP contribution in [0.1, 0.15) is 56.6 Å². The molecule has 1 unspecified atom stereocenters. The summed E-state index contributed by atoms with van der Waals surface area (Å²) >= 11 is 0. The molecule has 2 rings (SSSR count). The number of imide groups is 1. The first-order valence-corrected chi connectivity index (χ1v) is 10.2. The number of hydrogen-bond acceptors (Lipinski definition) is 3. The molecule has 1 saturated heterocycles. The number of guanidine groups is 1. The number of alkyl halides is 3. The number of nitrogens with zero attached hydrogens (tertiary/aromatic N) is 2. The van der Waals surface area contributed by atoms with Gasteiger partial charge in [-0.2, -0.15) is 13.2 Å². The number of aliphatic imine (C=N–C) groups is 1. The summed E-state index contributed by atoms with van der Waals surface area (Å²) in [7, 11) is 0. The molecule has 0 saturated carbocycles. The van der Waals surface area contributed by atoms with Crippen LogP contribution in [0.25, 0.3) is 0 Å². The normalized spacial score (nSPS) is 16.0. The molecule has 31 heavy (non-hydrogen) atoms. The molecular formula is C21H30F3IN4O2. The van der Waals surface area contributed by atoms with Gasteiger partial charge in [0.1, 0.15) is 0 Å². The molecule has 10 heteroatoms. The number of benzene rings is 1. The number of carbonyl (C=O) groups excluding carboxylic acids is 2. The smallest absolute Gasteiger partial charge is 0.357 e. The average molecular weight is 554 g/mol. The van der Waals surface area contributed by atoms with Gasteiger partial charge in [0.25, 0.3) is 0 Å². The fourth-order valence-corrected chi connectivity index (χ4v) is 3.24. The van der Waals surface area contributed by atoms with Crippen LogP contribution in [0.3, 0.4) is 0 Å². The fraction of sp³-hybridized carbons (Fsp3) is 0.571. The van der Waals surface area contributed by atoms with E-state index in [9.17, 15) is 22.8 Å². The number of nitrogens with one attached hydrogen (secondary N) is 2. The van der Waals surface area contributed by atoms with Crippen molar-refractivity contribution in [3.8, 4) is 0 Å². The second-order valence-electron chi connectivity index (χ2n) is 7.29. The molecule has 0 aromatic heterocycles.